The van der Waals surface area contributed by atoms with Crippen LogP contribution in [0, 0.1) is 0 Å². The number of carboxylic acids is 1. The maximum Gasteiger partial charge on any atom is 0.416 e. The molecule has 1 unspecified atom stereocenters. The molecule has 1 aliphatic heterocycles. The van der Waals surface area contributed by atoms with Gasteiger partial charge in [-0.15, -0.1) is 0 Å². The highest BCUT2D eigenvalue weighted by molar-refractivity contribution is 7.86. The van der Waals surface area contributed by atoms with Crippen LogP contribution in [-0.4, -0.2) is 54.8 Å². The predicted octanol–water partition coefficient (Wildman–Crippen LogP) is 3.26. The smallest absolute Gasteiger partial charge is 0.416 e. The van der Waals surface area contributed by atoms with E-state index < -0.39 is 56.6 Å². The molecule has 2 rings (SSSR count). The summed E-state index contributed by atoms with van der Waals surface area (Å²) in [5.74, 6) is -1.27. The van der Waals surface area contributed by atoms with Crippen molar-refractivity contribution in [2.45, 2.75) is 62.4 Å². The van der Waals surface area contributed by atoms with E-state index in [1.165, 1.54) is 0 Å². The summed E-state index contributed by atoms with van der Waals surface area (Å²) in [5.41, 5.74) is -1.92. The maximum absolute atomic E-state index is 12.6. The number of amides is 1. The van der Waals surface area contributed by atoms with Gasteiger partial charge in [0, 0.05) is 0 Å². The summed E-state index contributed by atoms with van der Waals surface area (Å²) in [6, 6.07) is 1.56. The zero-order valence-corrected chi connectivity index (χ0v) is 17.3. The lowest BCUT2D eigenvalue weighted by atomic mass is 10.0. The summed E-state index contributed by atoms with van der Waals surface area (Å²) < 4.78 is 73.1. The van der Waals surface area contributed by atoms with Crippen LogP contribution < -0.4 is 0 Å². The molecule has 1 heterocycles. The van der Waals surface area contributed by atoms with E-state index in [-0.39, 0.29) is 19.4 Å². The third kappa shape index (κ3) is 6.08. The minimum absolute atomic E-state index is 0.0100. The number of hydrogen-bond donors (Lipinski definition) is 1. The lowest BCUT2D eigenvalue weighted by molar-refractivity contribution is -0.145. The minimum atomic E-state index is -4.62. The highest BCUT2D eigenvalue weighted by Gasteiger charge is 2.40. The van der Waals surface area contributed by atoms with Crippen LogP contribution >= 0.6 is 0 Å². The Bertz CT molecular complexity index is 892. The second kappa shape index (κ2) is 8.42. The van der Waals surface area contributed by atoms with Crippen LogP contribution in [0.1, 0.15) is 39.2 Å². The number of benzene rings is 1. The summed E-state index contributed by atoms with van der Waals surface area (Å²) in [4.78, 5) is 24.2. The Hall–Kier alpha value is -2.34. The van der Waals surface area contributed by atoms with Gasteiger partial charge in [0.05, 0.1) is 23.1 Å². The van der Waals surface area contributed by atoms with Crippen LogP contribution in [0.2, 0.25) is 0 Å². The summed E-state index contributed by atoms with van der Waals surface area (Å²) in [5, 5.41) is 9.34. The van der Waals surface area contributed by atoms with E-state index in [2.05, 4.69) is 0 Å². The number of aliphatic carboxylic acids is 1. The van der Waals surface area contributed by atoms with Gasteiger partial charge >= 0.3 is 18.2 Å². The molecule has 12 heteroatoms. The van der Waals surface area contributed by atoms with E-state index in [4.69, 9.17) is 8.92 Å². The van der Waals surface area contributed by atoms with Crippen molar-refractivity contribution >= 4 is 22.2 Å². The Morgan fingerprint density at radius 2 is 1.67 bits per heavy atom. The number of carboxylic acid groups (broad SMARTS) is 1. The number of alkyl halides is 3. The molecule has 0 saturated carbocycles. The molecule has 1 N–H and O–H groups in total. The third-order valence-corrected chi connectivity index (χ3v) is 5.56. The molecule has 1 aromatic rings. The van der Waals surface area contributed by atoms with E-state index in [9.17, 15) is 36.3 Å². The minimum Gasteiger partial charge on any atom is -0.480 e. The Morgan fingerprint density at radius 1 is 1.10 bits per heavy atom. The second-order valence-corrected chi connectivity index (χ2v) is 9.33. The van der Waals surface area contributed by atoms with Crippen molar-refractivity contribution in [3.05, 3.63) is 29.8 Å². The molecule has 0 aromatic heterocycles. The normalized spacial score (nSPS) is 20.7. The maximum atomic E-state index is 12.6. The van der Waals surface area contributed by atoms with Crippen LogP contribution in [0.5, 0.6) is 0 Å². The fourth-order valence-electron chi connectivity index (χ4n) is 2.84. The van der Waals surface area contributed by atoms with Crippen molar-refractivity contribution in [3.8, 4) is 0 Å². The van der Waals surface area contributed by atoms with Crippen molar-refractivity contribution in [3.63, 3.8) is 0 Å². The van der Waals surface area contributed by atoms with Crippen LogP contribution in [0.4, 0.5) is 18.0 Å². The van der Waals surface area contributed by atoms with Gasteiger partial charge in [0.25, 0.3) is 10.1 Å². The third-order valence-electron chi connectivity index (χ3n) is 4.18. The Morgan fingerprint density at radius 3 is 2.13 bits per heavy atom. The fourth-order valence-corrected chi connectivity index (χ4v) is 3.94. The van der Waals surface area contributed by atoms with Crippen molar-refractivity contribution < 1.29 is 45.2 Å². The van der Waals surface area contributed by atoms with Gasteiger partial charge in [-0.05, 0) is 57.9 Å². The number of halogens is 3. The number of carbonyl (C=O) groups excluding carboxylic acids is 1. The van der Waals surface area contributed by atoms with Crippen LogP contribution in [0.25, 0.3) is 0 Å². The van der Waals surface area contributed by atoms with Crippen LogP contribution in [0.15, 0.2) is 29.2 Å². The number of hydrogen-bond acceptors (Lipinski definition) is 6. The van der Waals surface area contributed by atoms with E-state index in [1.807, 2.05) is 0 Å². The predicted molar refractivity (Wildman–Crippen MR) is 97.1 cm³/mol. The Balaban J connectivity index is 2.17. The molecule has 1 saturated heterocycles. The van der Waals surface area contributed by atoms with Gasteiger partial charge in [-0.2, -0.15) is 21.6 Å². The zero-order valence-electron chi connectivity index (χ0n) is 16.5. The first-order valence-electron chi connectivity index (χ1n) is 8.93. The van der Waals surface area contributed by atoms with Crippen LogP contribution in [-0.2, 0) is 30.0 Å². The monoisotopic (exact) mass is 453 g/mol. The molecule has 8 nitrogen and oxygen atoms in total. The van der Waals surface area contributed by atoms with Crippen molar-refractivity contribution in [2.75, 3.05) is 6.54 Å². The van der Waals surface area contributed by atoms with Crippen LogP contribution in [0.3, 0.4) is 0 Å². The zero-order chi connectivity index (χ0) is 22.9. The molecule has 1 aliphatic rings. The Labute approximate surface area is 171 Å². The highest BCUT2D eigenvalue weighted by atomic mass is 32.2. The van der Waals surface area contributed by atoms with Gasteiger partial charge in [0.2, 0.25) is 0 Å². The van der Waals surface area contributed by atoms with Gasteiger partial charge in [0.15, 0.2) is 0 Å². The van der Waals surface area contributed by atoms with E-state index in [0.29, 0.717) is 12.1 Å². The molecule has 1 amide bonds. The topological polar surface area (TPSA) is 110 Å². The molecule has 0 bridgehead atoms. The summed E-state index contributed by atoms with van der Waals surface area (Å²) in [6.45, 7) is 4.40. The van der Waals surface area contributed by atoms with Gasteiger partial charge in [-0.3, -0.25) is 9.08 Å². The first-order chi connectivity index (χ1) is 13.6. The van der Waals surface area contributed by atoms with Gasteiger partial charge in [0.1, 0.15) is 11.6 Å². The number of rotatable bonds is 4. The molecule has 168 valence electrons. The summed E-state index contributed by atoms with van der Waals surface area (Å²) >= 11 is 0. The van der Waals surface area contributed by atoms with Crippen molar-refractivity contribution in [2.24, 2.45) is 0 Å². The fraction of sp³-hybridized carbons (Fsp3) is 0.556. The first kappa shape index (κ1) is 23.9. The highest BCUT2D eigenvalue weighted by Crippen LogP contribution is 2.31. The largest absolute Gasteiger partial charge is 0.480 e. The molecule has 0 radical (unpaired) electrons. The average Bonchev–Trinajstić information content (AvgIpc) is 2.59. The van der Waals surface area contributed by atoms with Crippen molar-refractivity contribution in [1.82, 2.24) is 4.90 Å². The molecule has 0 spiro atoms. The lowest BCUT2D eigenvalue weighted by Crippen LogP contribution is -2.54. The molecule has 1 aromatic carbocycles. The Kier molecular flexibility index (Phi) is 6.72. The average molecular weight is 453 g/mol. The van der Waals surface area contributed by atoms with E-state index in [0.717, 1.165) is 17.0 Å². The van der Waals surface area contributed by atoms with E-state index in [1.54, 1.807) is 20.8 Å². The summed E-state index contributed by atoms with van der Waals surface area (Å²) in [7, 11) is -4.44. The first-order valence-corrected chi connectivity index (χ1v) is 10.3. The van der Waals surface area contributed by atoms with Gasteiger partial charge in [-0.1, -0.05) is 0 Å². The number of ether oxygens (including phenoxy) is 1. The van der Waals surface area contributed by atoms with E-state index >= 15 is 0 Å². The molecular weight excluding hydrogens is 431 g/mol. The van der Waals surface area contributed by atoms with Crippen molar-refractivity contribution in [1.29, 1.82) is 0 Å². The SMILES string of the molecule is CC(C)(C)OC(=O)N1C[C@@H](OS(=O)(=O)c2ccc(C(F)(F)F)cc2)CCC1C(=O)O. The molecule has 1 fully saturated rings. The second-order valence-electron chi connectivity index (χ2n) is 7.76. The number of nitrogens with zero attached hydrogens (tertiary/aromatic N) is 1. The lowest BCUT2D eigenvalue weighted by Gasteiger charge is -2.37. The summed E-state index contributed by atoms with van der Waals surface area (Å²) in [6.07, 6.45) is -6.71. The quantitative estimate of drug-likeness (QED) is 0.697. The molecule has 0 aliphatic carbocycles. The molecule has 2 atom stereocenters. The number of carbonyl (C=O) groups is 2. The van der Waals surface area contributed by atoms with Gasteiger partial charge in [-0.25, -0.2) is 9.59 Å². The molecular formula is C18H22F3NO7S. The van der Waals surface area contributed by atoms with Gasteiger partial charge < -0.3 is 9.84 Å². The number of piperidine rings is 1. The standard InChI is InChI=1S/C18H22F3NO7S/c1-17(2,3)28-16(25)22-10-12(6-9-14(22)15(23)24)29-30(26,27)13-7-4-11(5-8-13)18(19,20)21/h4-5,7-8,12,14H,6,9-10H2,1-3H3,(H,23,24)/t12-,14?/m0/s1. The molecule has 30 heavy (non-hydrogen) atoms. The number of likely N-dealkylation sites (tertiary alicyclic amines) is 1.